The van der Waals surface area contributed by atoms with Gasteiger partial charge in [-0.2, -0.15) is 8.42 Å². The van der Waals surface area contributed by atoms with E-state index in [0.717, 1.165) is 6.26 Å². The molecule has 0 saturated heterocycles. The quantitative estimate of drug-likeness (QED) is 0.750. The van der Waals surface area contributed by atoms with Gasteiger partial charge < -0.3 is 0 Å². The third-order valence-corrected chi connectivity index (χ3v) is 2.51. The summed E-state index contributed by atoms with van der Waals surface area (Å²) in [6.45, 7) is 1.61. The maximum atomic E-state index is 10.8. The minimum atomic E-state index is -3.47. The fourth-order valence-corrected chi connectivity index (χ4v) is 1.93. The van der Waals surface area contributed by atoms with Crippen molar-refractivity contribution in [1.82, 2.24) is 4.98 Å². The molecular formula is C8H10ClNO3S. The second kappa shape index (κ2) is 4.25. The molecule has 0 aromatic carbocycles. The molecule has 0 saturated carbocycles. The van der Waals surface area contributed by atoms with Crippen molar-refractivity contribution in [2.45, 2.75) is 13.0 Å². The molecule has 0 amide bonds. The van der Waals surface area contributed by atoms with E-state index in [1.165, 1.54) is 12.4 Å². The molecule has 0 radical (unpaired) electrons. The first-order chi connectivity index (χ1) is 6.40. The summed E-state index contributed by atoms with van der Waals surface area (Å²) in [5, 5.41) is 0.392. The molecule has 1 atom stereocenters. The average Bonchev–Trinajstić information content (AvgIpc) is 2.01. The van der Waals surface area contributed by atoms with Gasteiger partial charge in [0.1, 0.15) is 6.10 Å². The Morgan fingerprint density at radius 3 is 2.71 bits per heavy atom. The molecule has 6 heteroatoms. The Labute approximate surface area is 88.0 Å². The molecule has 1 unspecified atom stereocenters. The molecule has 0 aliphatic carbocycles. The molecule has 1 aromatic rings. The smallest absolute Gasteiger partial charge is 0.263 e. The van der Waals surface area contributed by atoms with E-state index in [-0.39, 0.29) is 0 Å². The maximum absolute atomic E-state index is 10.8. The zero-order valence-corrected chi connectivity index (χ0v) is 9.34. The van der Waals surface area contributed by atoms with Gasteiger partial charge in [0.2, 0.25) is 0 Å². The molecule has 1 heterocycles. The topological polar surface area (TPSA) is 56.3 Å². The number of hydrogen-bond donors (Lipinski definition) is 0. The van der Waals surface area contributed by atoms with Crippen molar-refractivity contribution >= 4 is 21.7 Å². The molecule has 0 fully saturated rings. The van der Waals surface area contributed by atoms with Gasteiger partial charge in [-0.1, -0.05) is 11.6 Å². The molecule has 0 spiro atoms. The number of nitrogens with zero attached hydrogens (tertiary/aromatic N) is 1. The van der Waals surface area contributed by atoms with Crippen LogP contribution in [0.15, 0.2) is 18.5 Å². The number of hydrogen-bond acceptors (Lipinski definition) is 4. The highest BCUT2D eigenvalue weighted by Crippen LogP contribution is 2.24. The lowest BCUT2D eigenvalue weighted by Gasteiger charge is -2.11. The van der Waals surface area contributed by atoms with Crippen LogP contribution in [0.3, 0.4) is 0 Å². The predicted molar refractivity (Wildman–Crippen MR) is 53.6 cm³/mol. The Morgan fingerprint density at radius 1 is 1.57 bits per heavy atom. The minimum Gasteiger partial charge on any atom is -0.263 e. The summed E-state index contributed by atoms with van der Waals surface area (Å²) >= 11 is 5.81. The largest absolute Gasteiger partial charge is 0.264 e. The number of halogens is 1. The van der Waals surface area contributed by atoms with Crippen molar-refractivity contribution in [3.05, 3.63) is 29.0 Å². The molecule has 0 aliphatic heterocycles. The molecule has 1 rings (SSSR count). The SMILES string of the molecule is CC(OS(C)(=O)=O)c1ccncc1Cl. The van der Waals surface area contributed by atoms with Gasteiger partial charge in [-0.25, -0.2) is 0 Å². The summed E-state index contributed by atoms with van der Waals surface area (Å²) in [5.74, 6) is 0. The van der Waals surface area contributed by atoms with Crippen LogP contribution in [0.1, 0.15) is 18.6 Å². The van der Waals surface area contributed by atoms with Crippen LogP contribution < -0.4 is 0 Å². The molecule has 1 aromatic heterocycles. The average molecular weight is 236 g/mol. The van der Waals surface area contributed by atoms with E-state index in [4.69, 9.17) is 15.8 Å². The van der Waals surface area contributed by atoms with Gasteiger partial charge >= 0.3 is 0 Å². The molecule has 4 nitrogen and oxygen atoms in total. The van der Waals surface area contributed by atoms with Crippen LogP contribution in [0.2, 0.25) is 5.02 Å². The number of rotatable bonds is 3. The lowest BCUT2D eigenvalue weighted by Crippen LogP contribution is -2.07. The lowest BCUT2D eigenvalue weighted by atomic mass is 10.2. The monoisotopic (exact) mass is 235 g/mol. The number of pyridine rings is 1. The van der Waals surface area contributed by atoms with Gasteiger partial charge in [0, 0.05) is 18.0 Å². The van der Waals surface area contributed by atoms with Crippen LogP contribution in [0.5, 0.6) is 0 Å². The second-order valence-electron chi connectivity index (χ2n) is 2.84. The third-order valence-electron chi connectivity index (χ3n) is 1.56. The van der Waals surface area contributed by atoms with Crippen LogP contribution in [-0.2, 0) is 14.3 Å². The summed E-state index contributed by atoms with van der Waals surface area (Å²) in [6.07, 6.45) is 3.38. The summed E-state index contributed by atoms with van der Waals surface area (Å²) in [4.78, 5) is 3.79. The van der Waals surface area contributed by atoms with Crippen LogP contribution in [0.25, 0.3) is 0 Å². The van der Waals surface area contributed by atoms with Crippen LogP contribution in [-0.4, -0.2) is 19.7 Å². The maximum Gasteiger partial charge on any atom is 0.264 e. The fourth-order valence-electron chi connectivity index (χ4n) is 1.03. The van der Waals surface area contributed by atoms with E-state index in [0.29, 0.717) is 10.6 Å². The summed E-state index contributed by atoms with van der Waals surface area (Å²) in [7, 11) is -3.47. The Bertz CT molecular complexity index is 418. The van der Waals surface area contributed by atoms with Crippen molar-refractivity contribution in [1.29, 1.82) is 0 Å². The zero-order chi connectivity index (χ0) is 10.8. The third kappa shape index (κ3) is 3.25. The Kier molecular flexibility index (Phi) is 3.47. The van der Waals surface area contributed by atoms with Gasteiger partial charge in [-0.15, -0.1) is 0 Å². The zero-order valence-electron chi connectivity index (χ0n) is 7.77. The van der Waals surface area contributed by atoms with E-state index in [1.54, 1.807) is 13.0 Å². The highest BCUT2D eigenvalue weighted by atomic mass is 35.5. The number of aromatic nitrogens is 1. The first-order valence-corrected chi connectivity index (χ1v) is 6.07. The van der Waals surface area contributed by atoms with Crippen LogP contribution in [0.4, 0.5) is 0 Å². The fraction of sp³-hybridized carbons (Fsp3) is 0.375. The molecule has 0 N–H and O–H groups in total. The minimum absolute atomic E-state index is 0.392. The molecule has 78 valence electrons. The van der Waals surface area contributed by atoms with Gasteiger partial charge in [0.25, 0.3) is 10.1 Å². The first-order valence-electron chi connectivity index (χ1n) is 3.88. The Hall–Kier alpha value is -0.650. The van der Waals surface area contributed by atoms with E-state index in [2.05, 4.69) is 4.98 Å². The first kappa shape index (κ1) is 11.4. The lowest BCUT2D eigenvalue weighted by molar-refractivity contribution is 0.236. The molecule has 0 aliphatic rings. The van der Waals surface area contributed by atoms with Crippen LogP contribution >= 0.6 is 11.6 Å². The normalized spacial score (nSPS) is 13.9. The summed E-state index contributed by atoms with van der Waals surface area (Å²) < 4.78 is 26.5. The van der Waals surface area contributed by atoms with Gasteiger partial charge in [-0.3, -0.25) is 9.17 Å². The van der Waals surface area contributed by atoms with Crippen molar-refractivity contribution in [2.75, 3.05) is 6.26 Å². The summed E-state index contributed by atoms with van der Waals surface area (Å²) in [5.41, 5.74) is 0.604. The van der Waals surface area contributed by atoms with Crippen molar-refractivity contribution in [3.63, 3.8) is 0 Å². The van der Waals surface area contributed by atoms with E-state index in [1.807, 2.05) is 0 Å². The van der Waals surface area contributed by atoms with Crippen molar-refractivity contribution in [3.8, 4) is 0 Å². The van der Waals surface area contributed by atoms with E-state index in [9.17, 15) is 8.42 Å². The molecule has 0 bridgehead atoms. The van der Waals surface area contributed by atoms with Crippen LogP contribution in [0, 0.1) is 0 Å². The van der Waals surface area contributed by atoms with E-state index >= 15 is 0 Å². The molecular weight excluding hydrogens is 226 g/mol. The van der Waals surface area contributed by atoms with Crippen molar-refractivity contribution in [2.24, 2.45) is 0 Å². The van der Waals surface area contributed by atoms with Crippen molar-refractivity contribution < 1.29 is 12.6 Å². The van der Waals surface area contributed by atoms with Gasteiger partial charge in [-0.05, 0) is 13.0 Å². The van der Waals surface area contributed by atoms with Gasteiger partial charge in [0.05, 0.1) is 11.3 Å². The van der Waals surface area contributed by atoms with E-state index < -0.39 is 16.2 Å². The Balaban J connectivity index is 2.90. The highest BCUT2D eigenvalue weighted by molar-refractivity contribution is 7.86. The standard InChI is InChI=1S/C8H10ClNO3S/c1-6(13-14(2,11)12)7-3-4-10-5-8(7)9/h3-6H,1-2H3. The second-order valence-corrected chi connectivity index (χ2v) is 4.85. The highest BCUT2D eigenvalue weighted by Gasteiger charge is 2.14. The van der Waals surface area contributed by atoms with Gasteiger partial charge in [0.15, 0.2) is 0 Å². The summed E-state index contributed by atoms with van der Waals surface area (Å²) in [6, 6.07) is 1.62. The molecule has 14 heavy (non-hydrogen) atoms. The Morgan fingerprint density at radius 2 is 2.21 bits per heavy atom. The predicted octanol–water partition coefficient (Wildman–Crippen LogP) is 1.77.